The topological polar surface area (TPSA) is 0 Å². The number of hydrogen-bond donors (Lipinski definition) is 0. The van der Waals surface area contributed by atoms with E-state index in [1.54, 1.807) is 0 Å². The molecule has 0 aliphatic carbocycles. The van der Waals surface area contributed by atoms with Crippen LogP contribution >= 0.6 is 11.6 Å². The Hall–Kier alpha value is -0.750. The predicted molar refractivity (Wildman–Crippen MR) is 55.5 cm³/mol. The standard InChI is InChI=1S/C11H13Cl/c1-3-5-10-8-9(4-2)6-7-11(10)12/h4,6-8H,2-3,5H2,1H3. The monoisotopic (exact) mass is 180 g/mol. The Morgan fingerprint density at radius 3 is 2.83 bits per heavy atom. The van der Waals surface area contributed by atoms with Gasteiger partial charge in [0.25, 0.3) is 0 Å². The molecule has 0 unspecified atom stereocenters. The highest BCUT2D eigenvalue weighted by Gasteiger charge is 1.98. The predicted octanol–water partition coefficient (Wildman–Crippen LogP) is 3.94. The van der Waals surface area contributed by atoms with Gasteiger partial charge in [-0.25, -0.2) is 0 Å². The molecule has 0 aliphatic heterocycles. The molecule has 0 heterocycles. The van der Waals surface area contributed by atoms with Crippen LogP contribution in [-0.2, 0) is 6.42 Å². The second-order valence-corrected chi connectivity index (χ2v) is 3.21. The Morgan fingerprint density at radius 1 is 1.50 bits per heavy atom. The summed E-state index contributed by atoms with van der Waals surface area (Å²) in [4.78, 5) is 0. The number of rotatable bonds is 3. The Morgan fingerprint density at radius 2 is 2.25 bits per heavy atom. The van der Waals surface area contributed by atoms with E-state index in [1.165, 1.54) is 5.56 Å². The lowest BCUT2D eigenvalue weighted by atomic mass is 10.1. The fourth-order valence-corrected chi connectivity index (χ4v) is 1.39. The molecule has 0 aliphatic rings. The van der Waals surface area contributed by atoms with Crippen LogP contribution in [0.2, 0.25) is 5.02 Å². The van der Waals surface area contributed by atoms with Crippen molar-refractivity contribution in [1.29, 1.82) is 0 Å². The average Bonchev–Trinajstić information content (AvgIpc) is 2.09. The van der Waals surface area contributed by atoms with E-state index in [4.69, 9.17) is 11.6 Å². The van der Waals surface area contributed by atoms with Crippen LogP contribution < -0.4 is 0 Å². The SMILES string of the molecule is C=Cc1ccc(Cl)c(CCC)c1. The van der Waals surface area contributed by atoms with Gasteiger partial charge in [0, 0.05) is 5.02 Å². The molecule has 1 aromatic carbocycles. The van der Waals surface area contributed by atoms with Gasteiger partial charge in [-0.15, -0.1) is 0 Å². The lowest BCUT2D eigenvalue weighted by Gasteiger charge is -2.03. The van der Waals surface area contributed by atoms with E-state index in [2.05, 4.69) is 19.6 Å². The Kier molecular flexibility index (Phi) is 3.36. The summed E-state index contributed by atoms with van der Waals surface area (Å²) >= 11 is 6.00. The van der Waals surface area contributed by atoms with E-state index < -0.39 is 0 Å². The first-order valence-corrected chi connectivity index (χ1v) is 4.56. The van der Waals surface area contributed by atoms with E-state index >= 15 is 0 Å². The quantitative estimate of drug-likeness (QED) is 0.661. The molecule has 1 aromatic rings. The van der Waals surface area contributed by atoms with Crippen molar-refractivity contribution >= 4 is 17.7 Å². The molecule has 0 saturated carbocycles. The summed E-state index contributed by atoms with van der Waals surface area (Å²) in [6, 6.07) is 6.01. The molecule has 64 valence electrons. The number of aryl methyl sites for hydroxylation is 1. The smallest absolute Gasteiger partial charge is 0.0438 e. The highest BCUT2D eigenvalue weighted by molar-refractivity contribution is 6.31. The zero-order chi connectivity index (χ0) is 8.97. The largest absolute Gasteiger partial charge is 0.0985 e. The van der Waals surface area contributed by atoms with Gasteiger partial charge in [0.1, 0.15) is 0 Å². The summed E-state index contributed by atoms with van der Waals surface area (Å²) in [5.74, 6) is 0. The third kappa shape index (κ3) is 2.12. The zero-order valence-electron chi connectivity index (χ0n) is 7.31. The molecule has 0 radical (unpaired) electrons. The van der Waals surface area contributed by atoms with Crippen LogP contribution in [0.5, 0.6) is 0 Å². The Bertz CT molecular complexity index is 276. The van der Waals surface area contributed by atoms with Gasteiger partial charge in [0.15, 0.2) is 0 Å². The molecule has 0 saturated heterocycles. The van der Waals surface area contributed by atoms with Crippen LogP contribution in [0.15, 0.2) is 24.8 Å². The molecular weight excluding hydrogens is 168 g/mol. The molecule has 1 rings (SSSR count). The number of hydrogen-bond acceptors (Lipinski definition) is 0. The molecule has 0 amide bonds. The zero-order valence-corrected chi connectivity index (χ0v) is 8.06. The van der Waals surface area contributed by atoms with Gasteiger partial charge in [0.2, 0.25) is 0 Å². The molecule has 0 N–H and O–H groups in total. The summed E-state index contributed by atoms with van der Waals surface area (Å²) < 4.78 is 0. The summed E-state index contributed by atoms with van der Waals surface area (Å²) in [7, 11) is 0. The van der Waals surface area contributed by atoms with E-state index in [1.807, 2.05) is 18.2 Å². The second-order valence-electron chi connectivity index (χ2n) is 2.80. The minimum absolute atomic E-state index is 0.863. The fraction of sp³-hybridized carbons (Fsp3) is 0.273. The van der Waals surface area contributed by atoms with Crippen molar-refractivity contribution in [1.82, 2.24) is 0 Å². The number of halogens is 1. The molecule has 12 heavy (non-hydrogen) atoms. The van der Waals surface area contributed by atoms with Gasteiger partial charge in [0.05, 0.1) is 0 Å². The van der Waals surface area contributed by atoms with Gasteiger partial charge in [-0.1, -0.05) is 49.7 Å². The highest BCUT2D eigenvalue weighted by atomic mass is 35.5. The maximum absolute atomic E-state index is 6.00. The molecule has 0 spiro atoms. The van der Waals surface area contributed by atoms with Crippen molar-refractivity contribution in [3.8, 4) is 0 Å². The molecule has 0 fully saturated rings. The third-order valence-corrected chi connectivity index (χ3v) is 2.19. The first kappa shape index (κ1) is 9.34. The average molecular weight is 181 g/mol. The lowest BCUT2D eigenvalue weighted by Crippen LogP contribution is -1.85. The van der Waals surface area contributed by atoms with Gasteiger partial charge in [-0.3, -0.25) is 0 Å². The maximum atomic E-state index is 6.00. The molecule has 0 bridgehead atoms. The third-order valence-electron chi connectivity index (χ3n) is 1.82. The molecule has 0 atom stereocenters. The van der Waals surface area contributed by atoms with Crippen molar-refractivity contribution < 1.29 is 0 Å². The van der Waals surface area contributed by atoms with Crippen LogP contribution in [0.3, 0.4) is 0 Å². The van der Waals surface area contributed by atoms with E-state index in [9.17, 15) is 0 Å². The minimum atomic E-state index is 0.863. The fourth-order valence-electron chi connectivity index (χ4n) is 1.18. The van der Waals surface area contributed by atoms with Crippen LogP contribution in [-0.4, -0.2) is 0 Å². The minimum Gasteiger partial charge on any atom is -0.0985 e. The summed E-state index contributed by atoms with van der Waals surface area (Å²) in [6.07, 6.45) is 4.01. The van der Waals surface area contributed by atoms with Crippen molar-refractivity contribution in [2.75, 3.05) is 0 Å². The van der Waals surface area contributed by atoms with E-state index in [0.29, 0.717) is 0 Å². The van der Waals surface area contributed by atoms with E-state index in [0.717, 1.165) is 23.4 Å². The van der Waals surface area contributed by atoms with Crippen molar-refractivity contribution in [2.45, 2.75) is 19.8 Å². The maximum Gasteiger partial charge on any atom is 0.0438 e. The van der Waals surface area contributed by atoms with Gasteiger partial charge in [-0.05, 0) is 23.6 Å². The molecule has 0 nitrogen and oxygen atoms in total. The second kappa shape index (κ2) is 4.32. The van der Waals surface area contributed by atoms with Crippen LogP contribution in [0.25, 0.3) is 6.08 Å². The van der Waals surface area contributed by atoms with Crippen LogP contribution in [0, 0.1) is 0 Å². The van der Waals surface area contributed by atoms with Crippen molar-refractivity contribution in [2.24, 2.45) is 0 Å². The molecule has 0 aromatic heterocycles. The van der Waals surface area contributed by atoms with Gasteiger partial charge in [-0.2, -0.15) is 0 Å². The summed E-state index contributed by atoms with van der Waals surface area (Å²) in [5.41, 5.74) is 2.36. The van der Waals surface area contributed by atoms with E-state index in [-0.39, 0.29) is 0 Å². The summed E-state index contributed by atoms with van der Waals surface area (Å²) in [5, 5.41) is 0.863. The first-order valence-electron chi connectivity index (χ1n) is 4.18. The Balaban J connectivity index is 2.99. The van der Waals surface area contributed by atoms with Gasteiger partial charge >= 0.3 is 0 Å². The summed E-state index contributed by atoms with van der Waals surface area (Å²) in [6.45, 7) is 5.87. The van der Waals surface area contributed by atoms with Crippen LogP contribution in [0.1, 0.15) is 24.5 Å². The van der Waals surface area contributed by atoms with Gasteiger partial charge < -0.3 is 0 Å². The lowest BCUT2D eigenvalue weighted by molar-refractivity contribution is 0.922. The molecular formula is C11H13Cl. The van der Waals surface area contributed by atoms with Crippen LogP contribution in [0.4, 0.5) is 0 Å². The highest BCUT2D eigenvalue weighted by Crippen LogP contribution is 2.19. The first-order chi connectivity index (χ1) is 5.77. The number of benzene rings is 1. The van der Waals surface area contributed by atoms with Crippen molar-refractivity contribution in [3.05, 3.63) is 40.9 Å². The Labute approximate surface area is 78.9 Å². The van der Waals surface area contributed by atoms with Crippen molar-refractivity contribution in [3.63, 3.8) is 0 Å². The molecule has 1 heteroatoms. The normalized spacial score (nSPS) is 9.83.